The first-order valence-electron chi connectivity index (χ1n) is 6.60. The van der Waals surface area contributed by atoms with Gasteiger partial charge in [0.15, 0.2) is 0 Å². The summed E-state index contributed by atoms with van der Waals surface area (Å²) in [6.45, 7) is 1.77. The van der Waals surface area contributed by atoms with E-state index in [1.54, 1.807) is 6.92 Å². The van der Waals surface area contributed by atoms with Crippen LogP contribution in [0.1, 0.15) is 32.6 Å². The molecular formula is C13H21NO3S. The van der Waals surface area contributed by atoms with Crippen LogP contribution in [-0.4, -0.2) is 36.0 Å². The molecule has 2 aliphatic rings. The second-order valence-electron chi connectivity index (χ2n) is 5.24. The van der Waals surface area contributed by atoms with E-state index in [1.165, 1.54) is 44.6 Å². The van der Waals surface area contributed by atoms with Crippen LogP contribution < -0.4 is 5.32 Å². The zero-order valence-electron chi connectivity index (χ0n) is 11.0. The molecule has 1 N–H and O–H groups in total. The lowest BCUT2D eigenvalue weighted by Gasteiger charge is -2.18. The van der Waals surface area contributed by atoms with Gasteiger partial charge in [0.2, 0.25) is 5.91 Å². The van der Waals surface area contributed by atoms with Crippen molar-refractivity contribution >= 4 is 23.6 Å². The fourth-order valence-electron chi connectivity index (χ4n) is 2.19. The average molecular weight is 271 g/mol. The van der Waals surface area contributed by atoms with Crippen molar-refractivity contribution in [2.24, 2.45) is 11.8 Å². The van der Waals surface area contributed by atoms with Crippen LogP contribution in [-0.2, 0) is 14.3 Å². The standard InChI is InChI=1S/C13H21NO3S/c1-8(13(16)17-2)18-7-11(15)14-12(9-3-4-9)10-5-6-10/h8-10,12H,3-7H2,1-2H3,(H,14,15). The molecule has 102 valence electrons. The van der Waals surface area contributed by atoms with Crippen molar-refractivity contribution in [1.29, 1.82) is 0 Å². The summed E-state index contributed by atoms with van der Waals surface area (Å²) in [5.41, 5.74) is 0. The molecule has 18 heavy (non-hydrogen) atoms. The van der Waals surface area contributed by atoms with Crippen LogP contribution in [0.4, 0.5) is 0 Å². The first-order valence-corrected chi connectivity index (χ1v) is 7.65. The second kappa shape index (κ2) is 5.95. The summed E-state index contributed by atoms with van der Waals surface area (Å²) < 4.78 is 4.63. The quantitative estimate of drug-likeness (QED) is 0.714. The van der Waals surface area contributed by atoms with Crippen molar-refractivity contribution in [3.05, 3.63) is 0 Å². The van der Waals surface area contributed by atoms with E-state index in [4.69, 9.17) is 0 Å². The Hall–Kier alpha value is -0.710. The second-order valence-corrected chi connectivity index (χ2v) is 6.57. The number of hydrogen-bond donors (Lipinski definition) is 1. The van der Waals surface area contributed by atoms with Gasteiger partial charge in [0, 0.05) is 6.04 Å². The zero-order chi connectivity index (χ0) is 13.1. The monoisotopic (exact) mass is 271 g/mol. The van der Waals surface area contributed by atoms with Gasteiger partial charge in [-0.25, -0.2) is 0 Å². The van der Waals surface area contributed by atoms with Gasteiger partial charge in [-0.15, -0.1) is 11.8 Å². The number of carbonyl (C=O) groups excluding carboxylic acids is 2. The number of nitrogens with one attached hydrogen (secondary N) is 1. The maximum atomic E-state index is 11.8. The van der Waals surface area contributed by atoms with Gasteiger partial charge in [-0.1, -0.05) is 0 Å². The largest absolute Gasteiger partial charge is 0.468 e. The number of ether oxygens (including phenoxy) is 1. The van der Waals surface area contributed by atoms with E-state index in [2.05, 4.69) is 10.1 Å². The molecule has 2 aliphatic carbocycles. The molecule has 5 heteroatoms. The minimum atomic E-state index is -0.277. The molecule has 4 nitrogen and oxygen atoms in total. The van der Waals surface area contributed by atoms with Crippen molar-refractivity contribution in [1.82, 2.24) is 5.32 Å². The lowest BCUT2D eigenvalue weighted by Crippen LogP contribution is -2.39. The number of esters is 1. The third-order valence-electron chi connectivity index (χ3n) is 3.58. The topological polar surface area (TPSA) is 55.4 Å². The number of amides is 1. The minimum absolute atomic E-state index is 0.0551. The summed E-state index contributed by atoms with van der Waals surface area (Å²) in [5.74, 6) is 1.55. The van der Waals surface area contributed by atoms with E-state index in [0.29, 0.717) is 23.6 Å². The van der Waals surface area contributed by atoms with E-state index in [-0.39, 0.29) is 17.1 Å². The highest BCUT2D eigenvalue weighted by atomic mass is 32.2. The summed E-state index contributed by atoms with van der Waals surface area (Å²) in [6.07, 6.45) is 5.03. The highest BCUT2D eigenvalue weighted by Gasteiger charge is 2.42. The van der Waals surface area contributed by atoms with Crippen LogP contribution in [0.2, 0.25) is 0 Å². The molecule has 0 aromatic rings. The molecule has 0 radical (unpaired) electrons. The van der Waals surface area contributed by atoms with Crippen molar-refractivity contribution in [3.8, 4) is 0 Å². The summed E-state index contributed by atoms with van der Waals surface area (Å²) in [7, 11) is 1.37. The fraction of sp³-hybridized carbons (Fsp3) is 0.846. The summed E-state index contributed by atoms with van der Waals surface area (Å²) in [5, 5.41) is 2.86. The van der Waals surface area contributed by atoms with Crippen molar-refractivity contribution in [2.45, 2.75) is 43.9 Å². The van der Waals surface area contributed by atoms with Crippen LogP contribution in [0.25, 0.3) is 0 Å². The van der Waals surface area contributed by atoms with Crippen LogP contribution in [0.15, 0.2) is 0 Å². The normalized spacial score (nSPS) is 20.6. The Bertz CT molecular complexity index is 314. The van der Waals surface area contributed by atoms with Gasteiger partial charge in [0.25, 0.3) is 0 Å². The number of carbonyl (C=O) groups is 2. The lowest BCUT2D eigenvalue weighted by atomic mass is 10.1. The maximum Gasteiger partial charge on any atom is 0.318 e. The molecule has 2 saturated carbocycles. The summed E-state index contributed by atoms with van der Waals surface area (Å²) in [4.78, 5) is 23.1. The Balaban J connectivity index is 1.69. The molecule has 1 unspecified atom stereocenters. The predicted octanol–water partition coefficient (Wildman–Crippen LogP) is 1.59. The predicted molar refractivity (Wildman–Crippen MR) is 71.3 cm³/mol. The Kier molecular flexibility index (Phi) is 4.54. The van der Waals surface area contributed by atoms with Gasteiger partial charge in [0.05, 0.1) is 12.9 Å². The van der Waals surface area contributed by atoms with Gasteiger partial charge in [0.1, 0.15) is 5.25 Å². The molecule has 1 amide bonds. The molecule has 0 bridgehead atoms. The number of thioether (sulfide) groups is 1. The van der Waals surface area contributed by atoms with E-state index < -0.39 is 0 Å². The number of methoxy groups -OCH3 is 1. The van der Waals surface area contributed by atoms with Crippen LogP contribution >= 0.6 is 11.8 Å². The van der Waals surface area contributed by atoms with E-state index in [0.717, 1.165) is 0 Å². The molecule has 2 fully saturated rings. The molecule has 0 saturated heterocycles. The SMILES string of the molecule is COC(=O)C(C)SCC(=O)NC(C1CC1)C1CC1. The molecule has 0 aromatic heterocycles. The third-order valence-corrected chi connectivity index (χ3v) is 4.71. The van der Waals surface area contributed by atoms with Gasteiger partial charge in [-0.3, -0.25) is 9.59 Å². The molecule has 1 atom stereocenters. The van der Waals surface area contributed by atoms with E-state index in [1.807, 2.05) is 0 Å². The molecule has 0 heterocycles. The Labute approximate surface area is 112 Å². The van der Waals surface area contributed by atoms with Crippen LogP contribution in [0, 0.1) is 11.8 Å². The highest BCUT2D eigenvalue weighted by molar-refractivity contribution is 8.01. The average Bonchev–Trinajstić information content (AvgIpc) is 3.23. The van der Waals surface area contributed by atoms with E-state index >= 15 is 0 Å². The highest BCUT2D eigenvalue weighted by Crippen LogP contribution is 2.44. The zero-order valence-corrected chi connectivity index (χ0v) is 11.8. The number of hydrogen-bond acceptors (Lipinski definition) is 4. The fourth-order valence-corrected chi connectivity index (χ4v) is 2.91. The summed E-state index contributed by atoms with van der Waals surface area (Å²) in [6, 6.07) is 0.395. The maximum absolute atomic E-state index is 11.8. The van der Waals surface area contributed by atoms with Gasteiger partial charge in [-0.2, -0.15) is 0 Å². The molecular weight excluding hydrogens is 250 g/mol. The van der Waals surface area contributed by atoms with Crippen LogP contribution in [0.3, 0.4) is 0 Å². The van der Waals surface area contributed by atoms with Crippen molar-refractivity contribution in [2.75, 3.05) is 12.9 Å². The Morgan fingerprint density at radius 3 is 2.28 bits per heavy atom. The van der Waals surface area contributed by atoms with Crippen molar-refractivity contribution < 1.29 is 14.3 Å². The number of rotatable bonds is 7. The van der Waals surface area contributed by atoms with Gasteiger partial charge >= 0.3 is 5.97 Å². The molecule has 0 aromatic carbocycles. The van der Waals surface area contributed by atoms with Gasteiger partial charge < -0.3 is 10.1 Å². The first-order chi connectivity index (χ1) is 8.61. The van der Waals surface area contributed by atoms with E-state index in [9.17, 15) is 9.59 Å². The lowest BCUT2D eigenvalue weighted by molar-refractivity contribution is -0.139. The molecule has 0 spiro atoms. The molecule has 0 aliphatic heterocycles. The summed E-state index contributed by atoms with van der Waals surface area (Å²) >= 11 is 1.34. The Morgan fingerprint density at radius 1 is 1.28 bits per heavy atom. The molecule has 2 rings (SSSR count). The van der Waals surface area contributed by atoms with Crippen LogP contribution in [0.5, 0.6) is 0 Å². The smallest absolute Gasteiger partial charge is 0.318 e. The Morgan fingerprint density at radius 2 is 1.83 bits per heavy atom. The van der Waals surface area contributed by atoms with Gasteiger partial charge in [-0.05, 0) is 44.4 Å². The minimum Gasteiger partial charge on any atom is -0.468 e. The third kappa shape index (κ3) is 3.90. The first kappa shape index (κ1) is 13.7. The van der Waals surface area contributed by atoms with Crippen molar-refractivity contribution in [3.63, 3.8) is 0 Å².